The van der Waals surface area contributed by atoms with E-state index >= 15 is 0 Å². The summed E-state index contributed by atoms with van der Waals surface area (Å²) in [4.78, 5) is 26.9. The summed E-state index contributed by atoms with van der Waals surface area (Å²) in [5.74, 6) is 0.410. The van der Waals surface area contributed by atoms with Crippen LogP contribution in [0.1, 0.15) is 18.2 Å². The zero-order valence-electron chi connectivity index (χ0n) is 12.2. The van der Waals surface area contributed by atoms with Gasteiger partial charge in [-0.15, -0.1) is 0 Å². The lowest BCUT2D eigenvalue weighted by molar-refractivity contribution is -0.121. The van der Waals surface area contributed by atoms with Crippen molar-refractivity contribution in [2.75, 3.05) is 11.9 Å². The first-order valence-corrected chi connectivity index (χ1v) is 7.45. The van der Waals surface area contributed by atoms with Gasteiger partial charge < -0.3 is 5.32 Å². The normalized spacial score (nSPS) is 15.9. The Morgan fingerprint density at radius 1 is 1.36 bits per heavy atom. The number of nitrogens with one attached hydrogen (secondary N) is 1. The SMILES string of the molecule is C[C@@H](C(=O)Nc1ccc(Cl)cn1)N1CCc2cncnc2C1. The van der Waals surface area contributed by atoms with Gasteiger partial charge in [-0.05, 0) is 31.0 Å². The zero-order chi connectivity index (χ0) is 15.5. The van der Waals surface area contributed by atoms with Gasteiger partial charge in [0, 0.05) is 25.5 Å². The van der Waals surface area contributed by atoms with Gasteiger partial charge in [0.15, 0.2) is 0 Å². The van der Waals surface area contributed by atoms with Crippen molar-refractivity contribution in [1.29, 1.82) is 0 Å². The average Bonchev–Trinajstić information content (AvgIpc) is 2.55. The number of halogens is 1. The van der Waals surface area contributed by atoms with Crippen LogP contribution < -0.4 is 5.32 Å². The van der Waals surface area contributed by atoms with Crippen LogP contribution in [-0.4, -0.2) is 38.3 Å². The molecule has 3 heterocycles. The summed E-state index contributed by atoms with van der Waals surface area (Å²) in [7, 11) is 0. The van der Waals surface area contributed by atoms with Gasteiger partial charge in [-0.25, -0.2) is 15.0 Å². The quantitative estimate of drug-likeness (QED) is 0.936. The Labute approximate surface area is 133 Å². The standard InChI is InChI=1S/C15H16ClN5O/c1-10(15(22)20-14-3-2-12(16)7-18-14)21-5-4-11-6-17-9-19-13(11)8-21/h2-3,6-7,9-10H,4-5,8H2,1H3,(H,18,20,22)/t10-/m0/s1. The van der Waals surface area contributed by atoms with E-state index in [1.165, 1.54) is 6.20 Å². The monoisotopic (exact) mass is 317 g/mol. The van der Waals surface area contributed by atoms with Crippen LogP contribution in [0.15, 0.2) is 30.9 Å². The molecule has 0 bridgehead atoms. The lowest BCUT2D eigenvalue weighted by atomic mass is 10.1. The maximum atomic E-state index is 12.4. The summed E-state index contributed by atoms with van der Waals surface area (Å²) >= 11 is 5.78. The number of fused-ring (bicyclic) bond motifs is 1. The molecule has 0 spiro atoms. The van der Waals surface area contributed by atoms with Crippen molar-refractivity contribution in [3.05, 3.63) is 47.1 Å². The van der Waals surface area contributed by atoms with E-state index in [0.717, 1.165) is 24.2 Å². The van der Waals surface area contributed by atoms with Crippen molar-refractivity contribution >= 4 is 23.3 Å². The topological polar surface area (TPSA) is 71.0 Å². The molecule has 0 unspecified atom stereocenters. The average molecular weight is 318 g/mol. The van der Waals surface area contributed by atoms with Gasteiger partial charge in [0.25, 0.3) is 0 Å². The van der Waals surface area contributed by atoms with Crippen LogP contribution >= 0.6 is 11.6 Å². The molecule has 0 aromatic carbocycles. The highest BCUT2D eigenvalue weighted by Gasteiger charge is 2.26. The molecule has 7 heteroatoms. The lowest BCUT2D eigenvalue weighted by Crippen LogP contribution is -2.44. The first-order valence-electron chi connectivity index (χ1n) is 7.07. The van der Waals surface area contributed by atoms with Gasteiger partial charge in [-0.3, -0.25) is 9.69 Å². The molecule has 0 aliphatic carbocycles. The van der Waals surface area contributed by atoms with Gasteiger partial charge >= 0.3 is 0 Å². The Morgan fingerprint density at radius 3 is 3.00 bits per heavy atom. The van der Waals surface area contributed by atoms with Crippen molar-refractivity contribution in [2.24, 2.45) is 0 Å². The van der Waals surface area contributed by atoms with Crippen LogP contribution in [0.5, 0.6) is 0 Å². The third kappa shape index (κ3) is 3.23. The molecule has 22 heavy (non-hydrogen) atoms. The van der Waals surface area contributed by atoms with E-state index in [-0.39, 0.29) is 11.9 Å². The van der Waals surface area contributed by atoms with Crippen molar-refractivity contribution < 1.29 is 4.79 Å². The Morgan fingerprint density at radius 2 is 2.23 bits per heavy atom. The van der Waals surface area contributed by atoms with E-state index in [4.69, 9.17) is 11.6 Å². The summed E-state index contributed by atoms with van der Waals surface area (Å²) in [6, 6.07) is 3.12. The Kier molecular flexibility index (Phi) is 4.31. The number of nitrogens with zero attached hydrogens (tertiary/aromatic N) is 4. The number of hydrogen-bond donors (Lipinski definition) is 1. The minimum absolute atomic E-state index is 0.0904. The summed E-state index contributed by atoms with van der Waals surface area (Å²) in [6.45, 7) is 3.35. The number of pyridine rings is 1. The Hall–Kier alpha value is -2.05. The Bertz CT molecular complexity index is 676. The minimum atomic E-state index is -0.263. The fourth-order valence-corrected chi connectivity index (χ4v) is 2.56. The fraction of sp³-hybridized carbons (Fsp3) is 0.333. The highest BCUT2D eigenvalue weighted by Crippen LogP contribution is 2.18. The molecule has 1 atom stereocenters. The van der Waals surface area contributed by atoms with Crippen LogP contribution in [0.2, 0.25) is 5.02 Å². The number of carbonyl (C=O) groups is 1. The molecule has 1 aliphatic heterocycles. The lowest BCUT2D eigenvalue weighted by Gasteiger charge is -2.31. The molecular formula is C15H16ClN5O. The second kappa shape index (κ2) is 6.37. The molecule has 1 amide bonds. The van der Waals surface area contributed by atoms with Gasteiger partial charge in [0.1, 0.15) is 12.1 Å². The van der Waals surface area contributed by atoms with Crippen LogP contribution in [-0.2, 0) is 17.8 Å². The first-order chi connectivity index (χ1) is 10.6. The highest BCUT2D eigenvalue weighted by atomic mass is 35.5. The molecule has 0 fully saturated rings. The summed E-state index contributed by atoms with van der Waals surface area (Å²) < 4.78 is 0. The summed E-state index contributed by atoms with van der Waals surface area (Å²) in [5.41, 5.74) is 2.15. The van der Waals surface area contributed by atoms with E-state index < -0.39 is 0 Å². The van der Waals surface area contributed by atoms with Crippen molar-refractivity contribution in [3.8, 4) is 0 Å². The van der Waals surface area contributed by atoms with Gasteiger partial charge in [0.05, 0.1) is 16.8 Å². The first kappa shape index (κ1) is 14.9. The molecule has 0 saturated heterocycles. The van der Waals surface area contributed by atoms with E-state index in [2.05, 4.69) is 25.2 Å². The fourth-order valence-electron chi connectivity index (χ4n) is 2.45. The maximum Gasteiger partial charge on any atom is 0.242 e. The minimum Gasteiger partial charge on any atom is -0.309 e. The molecular weight excluding hydrogens is 302 g/mol. The molecule has 0 saturated carbocycles. The molecule has 0 radical (unpaired) electrons. The maximum absolute atomic E-state index is 12.4. The third-order valence-corrected chi connectivity index (χ3v) is 4.03. The highest BCUT2D eigenvalue weighted by molar-refractivity contribution is 6.30. The van der Waals surface area contributed by atoms with Crippen molar-refractivity contribution in [2.45, 2.75) is 25.9 Å². The second-order valence-corrected chi connectivity index (χ2v) is 5.68. The summed E-state index contributed by atoms with van der Waals surface area (Å²) in [6.07, 6.45) is 5.76. The van der Waals surface area contributed by atoms with Crippen molar-refractivity contribution in [1.82, 2.24) is 19.9 Å². The molecule has 2 aromatic heterocycles. The Balaban J connectivity index is 1.65. The van der Waals surface area contributed by atoms with Crippen LogP contribution in [0, 0.1) is 0 Å². The van der Waals surface area contributed by atoms with E-state index in [1.807, 2.05) is 13.1 Å². The largest absolute Gasteiger partial charge is 0.309 e. The molecule has 114 valence electrons. The zero-order valence-corrected chi connectivity index (χ0v) is 12.9. The number of carbonyl (C=O) groups excluding carboxylic acids is 1. The van der Waals surface area contributed by atoms with E-state index in [1.54, 1.807) is 18.5 Å². The van der Waals surface area contributed by atoms with Crippen LogP contribution in [0.4, 0.5) is 5.82 Å². The summed E-state index contributed by atoms with van der Waals surface area (Å²) in [5, 5.41) is 3.35. The van der Waals surface area contributed by atoms with Gasteiger partial charge in [-0.1, -0.05) is 11.6 Å². The number of rotatable bonds is 3. The third-order valence-electron chi connectivity index (χ3n) is 3.81. The molecule has 1 N–H and O–H groups in total. The number of anilines is 1. The van der Waals surface area contributed by atoms with E-state index in [0.29, 0.717) is 17.4 Å². The van der Waals surface area contributed by atoms with Gasteiger partial charge in [-0.2, -0.15) is 0 Å². The molecule has 1 aliphatic rings. The molecule has 2 aromatic rings. The van der Waals surface area contributed by atoms with Crippen LogP contribution in [0.25, 0.3) is 0 Å². The molecule has 6 nitrogen and oxygen atoms in total. The van der Waals surface area contributed by atoms with Gasteiger partial charge in [0.2, 0.25) is 5.91 Å². The number of aromatic nitrogens is 3. The van der Waals surface area contributed by atoms with Crippen LogP contribution in [0.3, 0.4) is 0 Å². The predicted molar refractivity (Wildman–Crippen MR) is 83.5 cm³/mol. The number of amides is 1. The predicted octanol–water partition coefficient (Wildman–Crippen LogP) is 1.91. The van der Waals surface area contributed by atoms with Crippen molar-refractivity contribution in [3.63, 3.8) is 0 Å². The number of hydrogen-bond acceptors (Lipinski definition) is 5. The smallest absolute Gasteiger partial charge is 0.242 e. The second-order valence-electron chi connectivity index (χ2n) is 5.24. The van der Waals surface area contributed by atoms with E-state index in [9.17, 15) is 4.79 Å². The molecule has 3 rings (SSSR count).